The minimum Gasteiger partial charge on any atom is -0.447 e. The molecular weight excluding hydrogens is 252 g/mol. The molecule has 0 aromatic heterocycles. The molecule has 1 aliphatic rings. The van der Waals surface area contributed by atoms with E-state index in [0.717, 1.165) is 6.92 Å². The molecule has 7 heteroatoms. The summed E-state index contributed by atoms with van der Waals surface area (Å²) in [6.07, 6.45) is -1.40. The Labute approximate surface area is 107 Å². The van der Waals surface area contributed by atoms with E-state index in [1.54, 1.807) is 0 Å². The standard InChI is InChI=1S/C12H10N2O5/c1-5(15)19-9(10(13)16)6-3-2-4-7-8(6)12(18)14-11(7)17/h2-4,9H,1H3,(H2,13,16)(H,14,17,18). The Morgan fingerprint density at radius 3 is 2.53 bits per heavy atom. The number of fused-ring (bicyclic) bond motifs is 1. The average molecular weight is 262 g/mol. The number of benzene rings is 1. The largest absolute Gasteiger partial charge is 0.447 e. The first-order valence-electron chi connectivity index (χ1n) is 5.37. The maximum Gasteiger partial charge on any atom is 0.303 e. The van der Waals surface area contributed by atoms with Gasteiger partial charge in [-0.25, -0.2) is 0 Å². The van der Waals surface area contributed by atoms with Crippen LogP contribution in [0.4, 0.5) is 0 Å². The monoisotopic (exact) mass is 262 g/mol. The maximum atomic E-state index is 11.7. The van der Waals surface area contributed by atoms with Crippen LogP contribution in [0.15, 0.2) is 18.2 Å². The summed E-state index contributed by atoms with van der Waals surface area (Å²) in [5, 5.41) is 2.10. The van der Waals surface area contributed by atoms with Crippen LogP contribution in [0.5, 0.6) is 0 Å². The number of primary amides is 1. The van der Waals surface area contributed by atoms with Gasteiger partial charge in [-0.05, 0) is 6.07 Å². The normalized spacial score (nSPS) is 14.6. The van der Waals surface area contributed by atoms with Gasteiger partial charge in [0.15, 0.2) is 0 Å². The van der Waals surface area contributed by atoms with Crippen molar-refractivity contribution in [3.63, 3.8) is 0 Å². The van der Waals surface area contributed by atoms with Crippen molar-refractivity contribution < 1.29 is 23.9 Å². The number of nitrogens with one attached hydrogen (secondary N) is 1. The van der Waals surface area contributed by atoms with E-state index in [2.05, 4.69) is 5.32 Å². The highest BCUT2D eigenvalue weighted by molar-refractivity contribution is 6.22. The second-order valence-corrected chi connectivity index (χ2v) is 3.94. The first-order valence-corrected chi connectivity index (χ1v) is 5.37. The molecule has 1 aromatic rings. The van der Waals surface area contributed by atoms with Crippen LogP contribution < -0.4 is 11.1 Å². The molecule has 3 amide bonds. The molecule has 0 fully saturated rings. The van der Waals surface area contributed by atoms with E-state index < -0.39 is 29.8 Å². The highest BCUT2D eigenvalue weighted by Gasteiger charge is 2.34. The molecule has 0 saturated heterocycles. The molecule has 0 bridgehead atoms. The van der Waals surface area contributed by atoms with E-state index in [4.69, 9.17) is 10.5 Å². The van der Waals surface area contributed by atoms with Gasteiger partial charge in [0.2, 0.25) is 6.10 Å². The van der Waals surface area contributed by atoms with Crippen molar-refractivity contribution in [2.24, 2.45) is 5.73 Å². The van der Waals surface area contributed by atoms with Crippen LogP contribution in [-0.2, 0) is 14.3 Å². The minimum absolute atomic E-state index is 0.0116. The fraction of sp³-hybridized carbons (Fsp3) is 0.167. The molecule has 1 aromatic carbocycles. The number of imide groups is 1. The zero-order valence-corrected chi connectivity index (χ0v) is 9.93. The summed E-state index contributed by atoms with van der Waals surface area (Å²) in [6.45, 7) is 1.12. The summed E-state index contributed by atoms with van der Waals surface area (Å²) in [7, 11) is 0. The van der Waals surface area contributed by atoms with Crippen molar-refractivity contribution in [3.8, 4) is 0 Å². The smallest absolute Gasteiger partial charge is 0.303 e. The van der Waals surface area contributed by atoms with Crippen molar-refractivity contribution in [3.05, 3.63) is 34.9 Å². The molecule has 1 unspecified atom stereocenters. The highest BCUT2D eigenvalue weighted by atomic mass is 16.5. The number of carbonyl (C=O) groups is 4. The van der Waals surface area contributed by atoms with Gasteiger partial charge < -0.3 is 10.5 Å². The molecule has 19 heavy (non-hydrogen) atoms. The predicted octanol–water partition coefficient (Wildman–Crippen LogP) is -0.340. The lowest BCUT2D eigenvalue weighted by molar-refractivity contribution is -0.153. The van der Waals surface area contributed by atoms with E-state index >= 15 is 0 Å². The zero-order chi connectivity index (χ0) is 14.2. The van der Waals surface area contributed by atoms with Gasteiger partial charge in [0.25, 0.3) is 17.7 Å². The van der Waals surface area contributed by atoms with E-state index in [0.29, 0.717) is 0 Å². The molecule has 7 nitrogen and oxygen atoms in total. The van der Waals surface area contributed by atoms with Gasteiger partial charge in [-0.1, -0.05) is 12.1 Å². The fourth-order valence-corrected chi connectivity index (χ4v) is 1.91. The molecule has 0 radical (unpaired) electrons. The van der Waals surface area contributed by atoms with Gasteiger partial charge in [-0.15, -0.1) is 0 Å². The van der Waals surface area contributed by atoms with Crippen molar-refractivity contribution in [1.29, 1.82) is 0 Å². The molecule has 0 saturated carbocycles. The van der Waals surface area contributed by atoms with Crippen LogP contribution in [0, 0.1) is 0 Å². The number of hydrogen-bond donors (Lipinski definition) is 2. The second kappa shape index (κ2) is 4.52. The molecular formula is C12H10N2O5. The lowest BCUT2D eigenvalue weighted by Gasteiger charge is -2.15. The fourth-order valence-electron chi connectivity index (χ4n) is 1.91. The number of nitrogens with two attached hydrogens (primary N) is 1. The van der Waals surface area contributed by atoms with Gasteiger partial charge in [0, 0.05) is 12.5 Å². The van der Waals surface area contributed by atoms with Crippen LogP contribution in [0.3, 0.4) is 0 Å². The van der Waals surface area contributed by atoms with Gasteiger partial charge in [-0.2, -0.15) is 0 Å². The maximum absolute atomic E-state index is 11.7. The molecule has 2 rings (SSSR count). The van der Waals surface area contributed by atoms with E-state index in [9.17, 15) is 19.2 Å². The second-order valence-electron chi connectivity index (χ2n) is 3.94. The van der Waals surface area contributed by atoms with Gasteiger partial charge >= 0.3 is 5.97 Å². The topological polar surface area (TPSA) is 116 Å². The Balaban J connectivity index is 2.56. The minimum atomic E-state index is -1.40. The van der Waals surface area contributed by atoms with Gasteiger partial charge in [0.1, 0.15) is 0 Å². The zero-order valence-electron chi connectivity index (χ0n) is 9.93. The molecule has 98 valence electrons. The van der Waals surface area contributed by atoms with E-state index in [1.165, 1.54) is 18.2 Å². The summed E-state index contributed by atoms with van der Waals surface area (Å²) < 4.78 is 4.80. The van der Waals surface area contributed by atoms with Crippen molar-refractivity contribution in [1.82, 2.24) is 5.32 Å². The Kier molecular flexibility index (Phi) is 3.04. The first-order chi connectivity index (χ1) is 8.91. The van der Waals surface area contributed by atoms with Crippen molar-refractivity contribution in [2.45, 2.75) is 13.0 Å². The third-order valence-corrected chi connectivity index (χ3v) is 2.62. The Morgan fingerprint density at radius 2 is 1.95 bits per heavy atom. The number of rotatable bonds is 3. The lowest BCUT2D eigenvalue weighted by atomic mass is 9.98. The van der Waals surface area contributed by atoms with Gasteiger partial charge in [-0.3, -0.25) is 24.5 Å². The summed E-state index contributed by atoms with van der Waals surface area (Å²) in [5.41, 5.74) is 5.40. The van der Waals surface area contributed by atoms with Crippen LogP contribution in [0.25, 0.3) is 0 Å². The van der Waals surface area contributed by atoms with Crippen LogP contribution in [0.1, 0.15) is 39.3 Å². The Morgan fingerprint density at radius 1 is 1.26 bits per heavy atom. The molecule has 1 aliphatic heterocycles. The van der Waals surface area contributed by atoms with Crippen LogP contribution in [0.2, 0.25) is 0 Å². The number of carbonyl (C=O) groups excluding carboxylic acids is 4. The first kappa shape index (κ1) is 12.7. The number of ether oxygens (including phenoxy) is 1. The quantitative estimate of drug-likeness (QED) is 0.571. The Bertz CT molecular complexity index is 608. The third kappa shape index (κ3) is 2.17. The number of hydrogen-bond acceptors (Lipinski definition) is 5. The molecule has 3 N–H and O–H groups in total. The summed E-state index contributed by atoms with van der Waals surface area (Å²) in [5.74, 6) is -2.84. The molecule has 0 aliphatic carbocycles. The molecule has 0 spiro atoms. The SMILES string of the molecule is CC(=O)OC(C(N)=O)c1cccc2c1C(=O)NC2=O. The molecule has 1 atom stereocenters. The average Bonchev–Trinajstić information content (AvgIpc) is 2.62. The van der Waals surface area contributed by atoms with Gasteiger partial charge in [0.05, 0.1) is 11.1 Å². The van der Waals surface area contributed by atoms with Crippen molar-refractivity contribution in [2.75, 3.05) is 0 Å². The Hall–Kier alpha value is -2.70. The summed E-state index contributed by atoms with van der Waals surface area (Å²) in [6, 6.07) is 4.33. The number of esters is 1. The molecule has 1 heterocycles. The third-order valence-electron chi connectivity index (χ3n) is 2.62. The van der Waals surface area contributed by atoms with E-state index in [1.807, 2.05) is 0 Å². The van der Waals surface area contributed by atoms with Crippen LogP contribution >= 0.6 is 0 Å². The van der Waals surface area contributed by atoms with Crippen molar-refractivity contribution >= 4 is 23.7 Å². The summed E-state index contributed by atoms with van der Waals surface area (Å²) >= 11 is 0. The highest BCUT2D eigenvalue weighted by Crippen LogP contribution is 2.27. The predicted molar refractivity (Wildman–Crippen MR) is 61.9 cm³/mol. The van der Waals surface area contributed by atoms with E-state index in [-0.39, 0.29) is 16.7 Å². The summed E-state index contributed by atoms with van der Waals surface area (Å²) in [4.78, 5) is 45.5. The lowest BCUT2D eigenvalue weighted by Crippen LogP contribution is -2.27. The number of amides is 3. The van der Waals surface area contributed by atoms with Crippen LogP contribution in [-0.4, -0.2) is 23.7 Å².